The van der Waals surface area contributed by atoms with Gasteiger partial charge in [0.1, 0.15) is 23.8 Å². The fourth-order valence-corrected chi connectivity index (χ4v) is 4.08. The lowest BCUT2D eigenvalue weighted by atomic mass is 10.1. The Morgan fingerprint density at radius 3 is 2.56 bits per heavy atom. The van der Waals surface area contributed by atoms with Gasteiger partial charge in [-0.25, -0.2) is 13.7 Å². The second kappa shape index (κ2) is 10.8. The van der Waals surface area contributed by atoms with Crippen molar-refractivity contribution in [1.29, 1.82) is 0 Å². The van der Waals surface area contributed by atoms with Crippen molar-refractivity contribution in [2.24, 2.45) is 0 Å². The highest BCUT2D eigenvalue weighted by Gasteiger charge is 2.35. The van der Waals surface area contributed by atoms with Crippen LogP contribution in [0.4, 0.5) is 14.5 Å². The van der Waals surface area contributed by atoms with Gasteiger partial charge in [0, 0.05) is 0 Å². The molecule has 184 valence electrons. The monoisotopic (exact) mass is 528 g/mol. The van der Waals surface area contributed by atoms with E-state index in [1.807, 2.05) is 0 Å². The molecule has 0 radical (unpaired) electrons. The third-order valence-corrected chi connectivity index (χ3v) is 5.68. The van der Waals surface area contributed by atoms with E-state index in [0.29, 0.717) is 11.1 Å². The lowest BCUT2D eigenvalue weighted by Gasteiger charge is -2.29. The maximum atomic E-state index is 14.4. The summed E-state index contributed by atoms with van der Waals surface area (Å²) in [4.78, 5) is 26.7. The largest absolute Gasteiger partial charge is 0.490 e. The van der Waals surface area contributed by atoms with Crippen LogP contribution in [0.5, 0.6) is 11.5 Å². The average Bonchev–Trinajstić information content (AvgIpc) is 2.82. The molecular weight excluding hydrogens is 510 g/mol. The second-order valence-corrected chi connectivity index (χ2v) is 8.38. The van der Waals surface area contributed by atoms with Crippen molar-refractivity contribution in [3.8, 4) is 11.5 Å². The van der Waals surface area contributed by atoms with Crippen LogP contribution in [0.25, 0.3) is 6.08 Å². The summed E-state index contributed by atoms with van der Waals surface area (Å²) in [5.74, 6) is -2.12. The van der Waals surface area contributed by atoms with Crippen LogP contribution in [0, 0.1) is 11.6 Å². The summed E-state index contributed by atoms with van der Waals surface area (Å²) in [6.45, 7) is 2.08. The summed E-state index contributed by atoms with van der Waals surface area (Å²) in [7, 11) is 0. The van der Waals surface area contributed by atoms with Crippen molar-refractivity contribution in [3.63, 3.8) is 0 Å². The highest BCUT2D eigenvalue weighted by atomic mass is 35.5. The molecule has 1 heterocycles. The number of rotatable bonds is 7. The van der Waals surface area contributed by atoms with Crippen LogP contribution < -0.4 is 19.7 Å². The first-order valence-corrected chi connectivity index (χ1v) is 11.6. The van der Waals surface area contributed by atoms with Crippen LogP contribution in [0.15, 0.2) is 66.2 Å². The Morgan fingerprint density at radius 1 is 1.06 bits per heavy atom. The van der Waals surface area contributed by atoms with Crippen LogP contribution in [0.3, 0.4) is 0 Å². The van der Waals surface area contributed by atoms with Gasteiger partial charge in [-0.05, 0) is 72.7 Å². The molecule has 0 aromatic heterocycles. The number of para-hydroxylation sites is 1. The number of anilines is 1. The van der Waals surface area contributed by atoms with Gasteiger partial charge < -0.3 is 9.47 Å². The Bertz CT molecular complexity index is 1400. The van der Waals surface area contributed by atoms with Gasteiger partial charge in [0.2, 0.25) is 0 Å². The molecule has 0 aliphatic carbocycles. The lowest BCUT2D eigenvalue weighted by Crippen LogP contribution is -2.54. The minimum Gasteiger partial charge on any atom is -0.490 e. The van der Waals surface area contributed by atoms with E-state index in [0.717, 1.165) is 4.90 Å². The molecule has 0 unspecified atom stereocenters. The lowest BCUT2D eigenvalue weighted by molar-refractivity contribution is -0.122. The number of carbonyl (C=O) groups excluding carboxylic acids is 2. The number of ether oxygens (including phenoxy) is 2. The Morgan fingerprint density at radius 2 is 1.83 bits per heavy atom. The number of benzene rings is 3. The SMILES string of the molecule is CCOc1cc(/C=C2\C(=O)NC(=S)N(c3ccccc3F)C2=O)cc(Cl)c1OCc1cccc(F)c1. The maximum absolute atomic E-state index is 14.4. The van der Waals surface area contributed by atoms with E-state index in [9.17, 15) is 18.4 Å². The molecule has 6 nitrogen and oxygen atoms in total. The van der Waals surface area contributed by atoms with Crippen molar-refractivity contribution in [2.75, 3.05) is 11.5 Å². The van der Waals surface area contributed by atoms with E-state index >= 15 is 0 Å². The molecule has 0 saturated carbocycles. The van der Waals surface area contributed by atoms with Crippen LogP contribution >= 0.6 is 23.8 Å². The number of halogens is 3. The van der Waals surface area contributed by atoms with Crippen molar-refractivity contribution in [3.05, 3.63) is 94.0 Å². The predicted molar refractivity (Wildman–Crippen MR) is 136 cm³/mol. The Labute approximate surface area is 216 Å². The van der Waals surface area contributed by atoms with Crippen LogP contribution in [-0.4, -0.2) is 23.5 Å². The van der Waals surface area contributed by atoms with E-state index in [2.05, 4.69) is 5.32 Å². The number of hydrogen-bond donors (Lipinski definition) is 1. The number of thiocarbonyl (C=S) groups is 1. The van der Waals surface area contributed by atoms with Crippen molar-refractivity contribution < 1.29 is 27.8 Å². The topological polar surface area (TPSA) is 67.9 Å². The highest BCUT2D eigenvalue weighted by molar-refractivity contribution is 7.80. The average molecular weight is 529 g/mol. The zero-order valence-electron chi connectivity index (χ0n) is 18.9. The minimum atomic E-state index is -0.797. The van der Waals surface area contributed by atoms with Crippen LogP contribution in [-0.2, 0) is 16.2 Å². The fraction of sp³-hybridized carbons (Fsp3) is 0.115. The summed E-state index contributed by atoms with van der Waals surface area (Å²) in [5.41, 5.74) is 0.584. The number of amides is 2. The quantitative estimate of drug-likeness (QED) is 0.252. The smallest absolute Gasteiger partial charge is 0.270 e. The van der Waals surface area contributed by atoms with E-state index in [4.69, 9.17) is 33.3 Å². The summed E-state index contributed by atoms with van der Waals surface area (Å²) in [5, 5.41) is 2.32. The van der Waals surface area contributed by atoms with Crippen molar-refractivity contribution in [1.82, 2.24) is 5.32 Å². The molecule has 1 aliphatic rings. The normalized spacial score (nSPS) is 14.7. The summed E-state index contributed by atoms with van der Waals surface area (Å²) < 4.78 is 39.3. The predicted octanol–water partition coefficient (Wildman–Crippen LogP) is 5.43. The van der Waals surface area contributed by atoms with Crippen LogP contribution in [0.2, 0.25) is 5.02 Å². The molecule has 0 bridgehead atoms. The van der Waals surface area contributed by atoms with Gasteiger partial charge in [-0.15, -0.1) is 0 Å². The number of carbonyl (C=O) groups is 2. The van der Waals surface area contributed by atoms with Crippen LogP contribution in [0.1, 0.15) is 18.1 Å². The minimum absolute atomic E-state index is 0.0356. The zero-order chi connectivity index (χ0) is 25.8. The molecule has 3 aromatic carbocycles. The van der Waals surface area contributed by atoms with E-state index < -0.39 is 23.4 Å². The molecule has 2 amide bonds. The third kappa shape index (κ3) is 5.37. The molecular formula is C26H19ClF2N2O4S. The van der Waals surface area contributed by atoms with E-state index in [-0.39, 0.29) is 46.1 Å². The van der Waals surface area contributed by atoms with Gasteiger partial charge in [-0.3, -0.25) is 14.9 Å². The third-order valence-electron chi connectivity index (χ3n) is 5.11. The van der Waals surface area contributed by atoms with Crippen molar-refractivity contribution in [2.45, 2.75) is 13.5 Å². The molecule has 1 saturated heterocycles. The molecule has 1 aliphatic heterocycles. The Balaban J connectivity index is 1.67. The van der Waals surface area contributed by atoms with E-state index in [1.54, 1.807) is 31.2 Å². The van der Waals surface area contributed by atoms with Gasteiger partial charge in [-0.1, -0.05) is 35.9 Å². The molecule has 1 N–H and O–H groups in total. The first-order chi connectivity index (χ1) is 17.3. The molecule has 0 atom stereocenters. The summed E-state index contributed by atoms with van der Waals surface area (Å²) in [6, 6.07) is 14.5. The molecule has 3 aromatic rings. The standard InChI is InChI=1S/C26H19ClF2N2O4S/c1-2-34-22-13-16(12-19(27)23(22)35-14-15-6-5-7-17(28)10-15)11-18-24(32)30-26(36)31(25(18)33)21-9-4-3-8-20(21)29/h3-13H,2,14H2,1H3,(H,30,32,36)/b18-11+. The highest BCUT2D eigenvalue weighted by Crippen LogP contribution is 2.38. The molecule has 1 fully saturated rings. The summed E-state index contributed by atoms with van der Waals surface area (Å²) in [6.07, 6.45) is 1.30. The zero-order valence-corrected chi connectivity index (χ0v) is 20.5. The number of nitrogens with one attached hydrogen (secondary N) is 1. The van der Waals surface area contributed by atoms with Gasteiger partial charge in [0.15, 0.2) is 16.6 Å². The number of hydrogen-bond acceptors (Lipinski definition) is 5. The second-order valence-electron chi connectivity index (χ2n) is 7.59. The first-order valence-electron chi connectivity index (χ1n) is 10.8. The Hall–Kier alpha value is -3.82. The fourth-order valence-electron chi connectivity index (χ4n) is 3.53. The first kappa shape index (κ1) is 25.3. The van der Waals surface area contributed by atoms with Gasteiger partial charge in [0.25, 0.3) is 11.8 Å². The molecule has 10 heteroatoms. The maximum Gasteiger partial charge on any atom is 0.270 e. The number of nitrogens with zero attached hydrogens (tertiary/aromatic N) is 1. The van der Waals surface area contributed by atoms with Gasteiger partial charge >= 0.3 is 0 Å². The van der Waals surface area contributed by atoms with Gasteiger partial charge in [-0.2, -0.15) is 0 Å². The Kier molecular flexibility index (Phi) is 7.61. The van der Waals surface area contributed by atoms with Gasteiger partial charge in [0.05, 0.1) is 17.3 Å². The van der Waals surface area contributed by atoms with Crippen molar-refractivity contribution >= 4 is 52.5 Å². The molecule has 0 spiro atoms. The van der Waals surface area contributed by atoms with E-state index in [1.165, 1.54) is 42.5 Å². The molecule has 4 rings (SSSR count). The molecule has 36 heavy (non-hydrogen) atoms. The summed E-state index contributed by atoms with van der Waals surface area (Å²) >= 11 is 11.6.